The Hall–Kier alpha value is -1.82. The SMILES string of the molecule is C1=CC2=Cc3ccccc3C=CC2=CC1. The second-order valence-corrected chi connectivity index (χ2v) is 3.86. The molecule has 0 fully saturated rings. The molecule has 0 aliphatic heterocycles. The molecular weight excluding hydrogens is 180 g/mol. The molecule has 15 heavy (non-hydrogen) atoms. The molecule has 72 valence electrons. The smallest absolute Gasteiger partial charge is 0.0157 e. The van der Waals surface area contributed by atoms with Gasteiger partial charge in [0.2, 0.25) is 0 Å². The molecule has 0 saturated carbocycles. The fraction of sp³-hybridized carbons (Fsp3) is 0.0667. The van der Waals surface area contributed by atoms with Crippen LogP contribution in [0.15, 0.2) is 59.7 Å². The number of hydrogen-bond acceptors (Lipinski definition) is 0. The monoisotopic (exact) mass is 192 g/mol. The summed E-state index contributed by atoms with van der Waals surface area (Å²) >= 11 is 0. The summed E-state index contributed by atoms with van der Waals surface area (Å²) in [5, 5.41) is 0. The molecule has 0 aromatic heterocycles. The van der Waals surface area contributed by atoms with Gasteiger partial charge in [-0.3, -0.25) is 0 Å². The van der Waals surface area contributed by atoms with Crippen molar-refractivity contribution in [3.8, 4) is 0 Å². The van der Waals surface area contributed by atoms with E-state index in [1.807, 2.05) is 0 Å². The van der Waals surface area contributed by atoms with Gasteiger partial charge in [-0.15, -0.1) is 0 Å². The lowest BCUT2D eigenvalue weighted by Crippen LogP contribution is -1.86. The van der Waals surface area contributed by atoms with Crippen LogP contribution in [0.5, 0.6) is 0 Å². The second kappa shape index (κ2) is 3.39. The van der Waals surface area contributed by atoms with Crippen LogP contribution in [-0.2, 0) is 0 Å². The van der Waals surface area contributed by atoms with Gasteiger partial charge < -0.3 is 0 Å². The molecule has 0 unspecified atom stereocenters. The number of fused-ring (bicyclic) bond motifs is 2. The lowest BCUT2D eigenvalue weighted by Gasteiger charge is -2.06. The Balaban J connectivity index is 2.21. The molecule has 0 amide bonds. The molecule has 2 aliphatic rings. The van der Waals surface area contributed by atoms with Crippen LogP contribution < -0.4 is 0 Å². The van der Waals surface area contributed by atoms with E-state index in [1.54, 1.807) is 0 Å². The third-order valence-corrected chi connectivity index (χ3v) is 2.85. The van der Waals surface area contributed by atoms with Crippen molar-refractivity contribution in [3.05, 3.63) is 70.8 Å². The Morgan fingerprint density at radius 3 is 2.60 bits per heavy atom. The molecule has 0 heterocycles. The third-order valence-electron chi connectivity index (χ3n) is 2.85. The molecule has 0 nitrogen and oxygen atoms in total. The highest BCUT2D eigenvalue weighted by Crippen LogP contribution is 2.27. The fourth-order valence-electron chi connectivity index (χ4n) is 2.04. The van der Waals surface area contributed by atoms with Crippen molar-refractivity contribution >= 4 is 12.2 Å². The van der Waals surface area contributed by atoms with Crippen LogP contribution in [0.2, 0.25) is 0 Å². The summed E-state index contributed by atoms with van der Waals surface area (Å²) in [6.07, 6.45) is 14.4. The van der Waals surface area contributed by atoms with Crippen molar-refractivity contribution in [1.82, 2.24) is 0 Å². The summed E-state index contributed by atoms with van der Waals surface area (Å²) in [6, 6.07) is 8.49. The van der Waals surface area contributed by atoms with Crippen LogP contribution in [0.4, 0.5) is 0 Å². The first kappa shape index (κ1) is 8.49. The van der Waals surface area contributed by atoms with Gasteiger partial charge in [0, 0.05) is 0 Å². The standard InChI is InChI=1S/C15H12/c1-3-7-14-11-15-8-4-2-6-13(15)10-9-12(14)5-1/h1,3-11H,2H2. The minimum atomic E-state index is 1.05. The lowest BCUT2D eigenvalue weighted by atomic mass is 9.99. The molecule has 0 saturated heterocycles. The van der Waals surface area contributed by atoms with Crippen LogP contribution in [0.25, 0.3) is 12.2 Å². The molecule has 0 heteroatoms. The van der Waals surface area contributed by atoms with E-state index in [2.05, 4.69) is 60.7 Å². The van der Waals surface area contributed by atoms with Crippen LogP contribution in [0.1, 0.15) is 17.5 Å². The minimum Gasteiger partial charge on any atom is -0.0801 e. The fourth-order valence-corrected chi connectivity index (χ4v) is 2.04. The molecule has 2 aliphatic carbocycles. The van der Waals surface area contributed by atoms with E-state index < -0.39 is 0 Å². The zero-order valence-electron chi connectivity index (χ0n) is 8.48. The van der Waals surface area contributed by atoms with Gasteiger partial charge in [0.1, 0.15) is 0 Å². The predicted molar refractivity (Wildman–Crippen MR) is 65.3 cm³/mol. The third kappa shape index (κ3) is 1.48. The number of rotatable bonds is 0. The minimum absolute atomic E-state index is 1.05. The van der Waals surface area contributed by atoms with Gasteiger partial charge in [-0.2, -0.15) is 0 Å². The normalized spacial score (nSPS) is 17.3. The van der Waals surface area contributed by atoms with E-state index in [0.29, 0.717) is 0 Å². The Morgan fingerprint density at radius 2 is 1.67 bits per heavy atom. The molecule has 0 bridgehead atoms. The summed E-state index contributed by atoms with van der Waals surface area (Å²) in [5.74, 6) is 0. The number of allylic oxidation sites excluding steroid dienone is 6. The summed E-state index contributed by atoms with van der Waals surface area (Å²) in [6.45, 7) is 0. The second-order valence-electron chi connectivity index (χ2n) is 3.86. The quantitative estimate of drug-likeness (QED) is 0.583. The van der Waals surface area contributed by atoms with E-state index in [4.69, 9.17) is 0 Å². The maximum absolute atomic E-state index is 2.27. The lowest BCUT2D eigenvalue weighted by molar-refractivity contribution is 1.31. The molecule has 0 radical (unpaired) electrons. The van der Waals surface area contributed by atoms with Crippen LogP contribution in [0.3, 0.4) is 0 Å². The topological polar surface area (TPSA) is 0 Å². The van der Waals surface area contributed by atoms with Crippen molar-refractivity contribution < 1.29 is 0 Å². The summed E-state index contributed by atoms with van der Waals surface area (Å²) in [4.78, 5) is 0. The van der Waals surface area contributed by atoms with Gasteiger partial charge in [-0.1, -0.05) is 54.6 Å². The highest BCUT2D eigenvalue weighted by atomic mass is 14.1. The maximum atomic E-state index is 2.27. The van der Waals surface area contributed by atoms with Crippen molar-refractivity contribution in [1.29, 1.82) is 0 Å². The molecule has 1 aromatic carbocycles. The molecule has 0 atom stereocenters. The number of hydrogen-bond donors (Lipinski definition) is 0. The average molecular weight is 192 g/mol. The average Bonchev–Trinajstić information content (AvgIpc) is 2.48. The zero-order valence-corrected chi connectivity index (χ0v) is 8.48. The summed E-state index contributed by atoms with van der Waals surface area (Å²) in [5.41, 5.74) is 5.27. The summed E-state index contributed by atoms with van der Waals surface area (Å²) < 4.78 is 0. The molecule has 1 aromatic rings. The van der Waals surface area contributed by atoms with E-state index in [1.165, 1.54) is 22.3 Å². The van der Waals surface area contributed by atoms with Gasteiger partial charge in [0.15, 0.2) is 0 Å². The van der Waals surface area contributed by atoms with Gasteiger partial charge in [0.25, 0.3) is 0 Å². The Kier molecular flexibility index (Phi) is 1.92. The van der Waals surface area contributed by atoms with Crippen molar-refractivity contribution in [2.75, 3.05) is 0 Å². The molecular formula is C15H12. The van der Waals surface area contributed by atoms with Gasteiger partial charge in [0.05, 0.1) is 0 Å². The molecule has 0 spiro atoms. The Bertz CT molecular complexity index is 511. The Morgan fingerprint density at radius 1 is 0.800 bits per heavy atom. The predicted octanol–water partition coefficient (Wildman–Crippen LogP) is 3.98. The largest absolute Gasteiger partial charge is 0.0801 e. The van der Waals surface area contributed by atoms with E-state index in [9.17, 15) is 0 Å². The molecule has 3 rings (SSSR count). The van der Waals surface area contributed by atoms with E-state index >= 15 is 0 Å². The van der Waals surface area contributed by atoms with Crippen LogP contribution >= 0.6 is 0 Å². The first-order valence-corrected chi connectivity index (χ1v) is 5.29. The van der Waals surface area contributed by atoms with Crippen LogP contribution in [-0.4, -0.2) is 0 Å². The van der Waals surface area contributed by atoms with Crippen molar-refractivity contribution in [2.45, 2.75) is 6.42 Å². The zero-order chi connectivity index (χ0) is 10.1. The molecule has 0 N–H and O–H groups in total. The summed E-state index contributed by atoms with van der Waals surface area (Å²) in [7, 11) is 0. The van der Waals surface area contributed by atoms with E-state index in [-0.39, 0.29) is 0 Å². The Labute approximate surface area is 89.9 Å². The first-order valence-electron chi connectivity index (χ1n) is 5.29. The number of benzene rings is 1. The van der Waals surface area contributed by atoms with Crippen LogP contribution in [0, 0.1) is 0 Å². The maximum Gasteiger partial charge on any atom is -0.0157 e. The first-order chi connectivity index (χ1) is 7.43. The van der Waals surface area contributed by atoms with E-state index in [0.717, 1.165) is 6.42 Å². The highest BCUT2D eigenvalue weighted by Gasteiger charge is 2.07. The highest BCUT2D eigenvalue weighted by molar-refractivity contribution is 5.77. The van der Waals surface area contributed by atoms with Gasteiger partial charge in [-0.25, -0.2) is 0 Å². The van der Waals surface area contributed by atoms with Gasteiger partial charge >= 0.3 is 0 Å². The van der Waals surface area contributed by atoms with Crippen molar-refractivity contribution in [3.63, 3.8) is 0 Å². The van der Waals surface area contributed by atoms with Crippen molar-refractivity contribution in [2.24, 2.45) is 0 Å². The van der Waals surface area contributed by atoms with Gasteiger partial charge in [-0.05, 0) is 34.8 Å².